The monoisotopic (exact) mass is 303 g/mol. The number of nitrogens with zero attached hydrogens (tertiary/aromatic N) is 2. The van der Waals surface area contributed by atoms with Crippen LogP contribution in [0, 0.1) is 18.7 Å². The van der Waals surface area contributed by atoms with Crippen LogP contribution in [0.1, 0.15) is 12.2 Å². The Labute approximate surface area is 125 Å². The van der Waals surface area contributed by atoms with Crippen molar-refractivity contribution in [3.05, 3.63) is 41.9 Å². The maximum Gasteiger partial charge on any atom is 0.229 e. The van der Waals surface area contributed by atoms with Crippen LogP contribution in [-0.4, -0.2) is 23.5 Å². The number of anilines is 2. The van der Waals surface area contributed by atoms with E-state index in [0.29, 0.717) is 11.6 Å². The van der Waals surface area contributed by atoms with Crippen LogP contribution in [-0.2, 0) is 9.59 Å². The van der Waals surface area contributed by atoms with Crippen LogP contribution in [0.5, 0.6) is 0 Å². The van der Waals surface area contributed by atoms with Crippen molar-refractivity contribution >= 4 is 23.3 Å². The van der Waals surface area contributed by atoms with E-state index in [1.807, 2.05) is 0 Å². The van der Waals surface area contributed by atoms with Crippen molar-refractivity contribution in [2.45, 2.75) is 13.3 Å². The molecule has 3 rings (SSSR count). The van der Waals surface area contributed by atoms with Crippen molar-refractivity contribution in [2.75, 3.05) is 16.8 Å². The van der Waals surface area contributed by atoms with Crippen molar-refractivity contribution < 1.29 is 18.5 Å². The molecule has 1 unspecified atom stereocenters. The number of benzene rings is 1. The third-order valence-corrected chi connectivity index (χ3v) is 3.52. The second kappa shape index (κ2) is 5.59. The van der Waals surface area contributed by atoms with E-state index in [1.54, 1.807) is 25.1 Å². The SMILES string of the molecule is Cc1cc(N2CC(C(=O)Nc3ccccc3F)CC2=O)no1. The first kappa shape index (κ1) is 14.2. The standard InChI is InChI=1S/C15H14FN3O3/c1-9-6-13(18-22-9)19-8-10(7-14(19)20)15(21)17-12-5-3-2-4-11(12)16/h2-6,10H,7-8H2,1H3,(H,17,21). The van der Waals surface area contributed by atoms with Gasteiger partial charge in [0.05, 0.1) is 11.6 Å². The fourth-order valence-electron chi connectivity index (χ4n) is 2.38. The molecule has 1 fully saturated rings. The molecule has 1 aliphatic heterocycles. The van der Waals surface area contributed by atoms with Gasteiger partial charge in [0.2, 0.25) is 11.8 Å². The Morgan fingerprint density at radius 2 is 2.23 bits per heavy atom. The van der Waals surface area contributed by atoms with Gasteiger partial charge in [0.15, 0.2) is 5.82 Å². The molecule has 1 aromatic carbocycles. The topological polar surface area (TPSA) is 75.4 Å². The Balaban J connectivity index is 1.70. The molecule has 0 aliphatic carbocycles. The van der Waals surface area contributed by atoms with Gasteiger partial charge in [0.25, 0.3) is 0 Å². The van der Waals surface area contributed by atoms with Gasteiger partial charge >= 0.3 is 0 Å². The molecule has 0 bridgehead atoms. The largest absolute Gasteiger partial charge is 0.360 e. The van der Waals surface area contributed by atoms with Crippen molar-refractivity contribution in [1.29, 1.82) is 0 Å². The molecule has 1 aliphatic rings. The van der Waals surface area contributed by atoms with Gasteiger partial charge < -0.3 is 9.84 Å². The first-order valence-corrected chi connectivity index (χ1v) is 6.83. The molecule has 2 aromatic rings. The van der Waals surface area contributed by atoms with E-state index >= 15 is 0 Å². The van der Waals surface area contributed by atoms with E-state index in [1.165, 1.54) is 17.0 Å². The molecule has 22 heavy (non-hydrogen) atoms. The smallest absolute Gasteiger partial charge is 0.229 e. The molecular weight excluding hydrogens is 289 g/mol. The molecule has 1 saturated heterocycles. The minimum absolute atomic E-state index is 0.0617. The highest BCUT2D eigenvalue weighted by atomic mass is 19.1. The lowest BCUT2D eigenvalue weighted by molar-refractivity contribution is -0.122. The Hall–Kier alpha value is -2.70. The minimum Gasteiger partial charge on any atom is -0.360 e. The van der Waals surface area contributed by atoms with E-state index in [2.05, 4.69) is 10.5 Å². The van der Waals surface area contributed by atoms with Crippen LogP contribution in [0.3, 0.4) is 0 Å². The predicted octanol–water partition coefficient (Wildman–Crippen LogP) is 2.11. The van der Waals surface area contributed by atoms with E-state index < -0.39 is 11.7 Å². The number of para-hydroxylation sites is 1. The van der Waals surface area contributed by atoms with Gasteiger partial charge in [0, 0.05) is 19.0 Å². The Bertz CT molecular complexity index is 728. The number of hydrogen-bond donors (Lipinski definition) is 1. The molecule has 0 saturated carbocycles. The highest BCUT2D eigenvalue weighted by Gasteiger charge is 2.36. The number of carbonyl (C=O) groups is 2. The average molecular weight is 303 g/mol. The molecule has 1 N–H and O–H groups in total. The summed E-state index contributed by atoms with van der Waals surface area (Å²) in [6.07, 6.45) is 0.0617. The summed E-state index contributed by atoms with van der Waals surface area (Å²) in [5, 5.41) is 6.29. The van der Waals surface area contributed by atoms with Crippen LogP contribution in [0.2, 0.25) is 0 Å². The van der Waals surface area contributed by atoms with Gasteiger partial charge in [-0.25, -0.2) is 4.39 Å². The molecule has 6 nitrogen and oxygen atoms in total. The fraction of sp³-hybridized carbons (Fsp3) is 0.267. The van der Waals surface area contributed by atoms with Crippen molar-refractivity contribution in [3.63, 3.8) is 0 Å². The zero-order valence-electron chi connectivity index (χ0n) is 11.9. The van der Waals surface area contributed by atoms with Crippen molar-refractivity contribution in [3.8, 4) is 0 Å². The summed E-state index contributed by atoms with van der Waals surface area (Å²) >= 11 is 0. The second-order valence-corrected chi connectivity index (χ2v) is 5.17. The average Bonchev–Trinajstić information content (AvgIpc) is 3.07. The summed E-state index contributed by atoms with van der Waals surface area (Å²) in [7, 11) is 0. The lowest BCUT2D eigenvalue weighted by Gasteiger charge is -2.13. The number of aromatic nitrogens is 1. The molecule has 1 atom stereocenters. The van der Waals surface area contributed by atoms with Crippen LogP contribution >= 0.6 is 0 Å². The predicted molar refractivity (Wildman–Crippen MR) is 76.7 cm³/mol. The zero-order valence-corrected chi connectivity index (χ0v) is 11.9. The van der Waals surface area contributed by atoms with E-state index in [4.69, 9.17) is 4.52 Å². The number of amides is 2. The van der Waals surface area contributed by atoms with E-state index in [0.717, 1.165) is 0 Å². The molecule has 0 spiro atoms. The lowest BCUT2D eigenvalue weighted by atomic mass is 10.1. The number of aryl methyl sites for hydroxylation is 1. The highest BCUT2D eigenvalue weighted by Crippen LogP contribution is 2.26. The summed E-state index contributed by atoms with van der Waals surface area (Å²) in [5.41, 5.74) is 0.107. The van der Waals surface area contributed by atoms with Crippen LogP contribution in [0.15, 0.2) is 34.9 Å². The van der Waals surface area contributed by atoms with Gasteiger partial charge in [-0.15, -0.1) is 0 Å². The summed E-state index contributed by atoms with van der Waals surface area (Å²) < 4.78 is 18.5. The van der Waals surface area contributed by atoms with E-state index in [9.17, 15) is 14.0 Å². The summed E-state index contributed by atoms with van der Waals surface area (Å²) in [6, 6.07) is 7.54. The van der Waals surface area contributed by atoms with Crippen molar-refractivity contribution in [1.82, 2.24) is 5.16 Å². The van der Waals surface area contributed by atoms with E-state index in [-0.39, 0.29) is 30.5 Å². The normalized spacial score (nSPS) is 17.8. The maximum atomic E-state index is 13.5. The summed E-state index contributed by atoms with van der Waals surface area (Å²) in [6.45, 7) is 1.92. The Kier molecular flexibility index (Phi) is 3.62. The number of hydrogen-bond acceptors (Lipinski definition) is 4. The highest BCUT2D eigenvalue weighted by molar-refractivity contribution is 6.03. The van der Waals surface area contributed by atoms with Crippen LogP contribution in [0.25, 0.3) is 0 Å². The molecule has 0 radical (unpaired) electrons. The zero-order chi connectivity index (χ0) is 15.7. The third kappa shape index (κ3) is 2.69. The summed E-state index contributed by atoms with van der Waals surface area (Å²) in [5.74, 6) is -0.679. The number of rotatable bonds is 3. The number of halogens is 1. The molecular formula is C15H14FN3O3. The number of carbonyl (C=O) groups excluding carboxylic acids is 2. The van der Waals surface area contributed by atoms with Gasteiger partial charge in [-0.1, -0.05) is 17.3 Å². The third-order valence-electron chi connectivity index (χ3n) is 3.52. The van der Waals surface area contributed by atoms with Crippen LogP contribution in [0.4, 0.5) is 15.9 Å². The van der Waals surface area contributed by atoms with Gasteiger partial charge in [-0.3, -0.25) is 14.5 Å². The van der Waals surface area contributed by atoms with Crippen LogP contribution < -0.4 is 10.2 Å². The lowest BCUT2D eigenvalue weighted by Crippen LogP contribution is -2.28. The van der Waals surface area contributed by atoms with Gasteiger partial charge in [0.1, 0.15) is 11.6 Å². The first-order chi connectivity index (χ1) is 10.5. The minimum atomic E-state index is -0.552. The van der Waals surface area contributed by atoms with Gasteiger partial charge in [-0.05, 0) is 19.1 Å². The second-order valence-electron chi connectivity index (χ2n) is 5.17. The fourth-order valence-corrected chi connectivity index (χ4v) is 2.38. The molecule has 2 amide bonds. The quantitative estimate of drug-likeness (QED) is 0.942. The Morgan fingerprint density at radius 1 is 1.45 bits per heavy atom. The van der Waals surface area contributed by atoms with Gasteiger partial charge in [-0.2, -0.15) is 0 Å². The molecule has 1 aromatic heterocycles. The molecule has 114 valence electrons. The number of nitrogens with one attached hydrogen (secondary N) is 1. The first-order valence-electron chi connectivity index (χ1n) is 6.83. The molecule has 2 heterocycles. The molecule has 7 heteroatoms. The maximum absolute atomic E-state index is 13.5. The summed E-state index contributed by atoms with van der Waals surface area (Å²) in [4.78, 5) is 25.6. The van der Waals surface area contributed by atoms with Crippen molar-refractivity contribution in [2.24, 2.45) is 5.92 Å². The Morgan fingerprint density at radius 3 is 2.91 bits per heavy atom.